The minimum Gasteiger partial charge on any atom is -0.388 e. The standard InChI is InChI=1S/C15H17Cl2NO2/c16-12-5-3-4-11(14(12)17)6-7-13(19)18-10-15(20)8-1-2-9-15/h3-7,20H,1-2,8-10H2,(H,18,19). The number of amides is 1. The summed E-state index contributed by atoms with van der Waals surface area (Å²) in [7, 11) is 0. The van der Waals surface area contributed by atoms with Gasteiger partial charge in [0.15, 0.2) is 0 Å². The van der Waals surface area contributed by atoms with E-state index < -0.39 is 5.60 Å². The average molecular weight is 314 g/mol. The second-order valence-corrected chi connectivity index (χ2v) is 5.91. The molecular formula is C15H17Cl2NO2. The van der Waals surface area contributed by atoms with Crippen LogP contribution in [0.3, 0.4) is 0 Å². The van der Waals surface area contributed by atoms with Gasteiger partial charge in [-0.3, -0.25) is 4.79 Å². The first-order chi connectivity index (χ1) is 9.50. The molecular weight excluding hydrogens is 297 g/mol. The molecule has 0 heterocycles. The van der Waals surface area contributed by atoms with Crippen LogP contribution in [0.15, 0.2) is 24.3 Å². The number of aliphatic hydroxyl groups is 1. The van der Waals surface area contributed by atoms with Crippen molar-refractivity contribution in [3.63, 3.8) is 0 Å². The first kappa shape index (κ1) is 15.4. The summed E-state index contributed by atoms with van der Waals surface area (Å²) < 4.78 is 0. The fraction of sp³-hybridized carbons (Fsp3) is 0.400. The predicted octanol–water partition coefficient (Wildman–Crippen LogP) is 3.43. The maximum absolute atomic E-state index is 11.7. The Morgan fingerprint density at radius 3 is 2.75 bits per heavy atom. The number of halogens is 2. The summed E-state index contributed by atoms with van der Waals surface area (Å²) in [6.45, 7) is 0.291. The fourth-order valence-corrected chi connectivity index (χ4v) is 2.71. The van der Waals surface area contributed by atoms with Gasteiger partial charge in [-0.1, -0.05) is 48.2 Å². The molecule has 3 nitrogen and oxygen atoms in total. The zero-order valence-corrected chi connectivity index (χ0v) is 12.5. The van der Waals surface area contributed by atoms with Gasteiger partial charge in [-0.05, 0) is 30.5 Å². The highest BCUT2D eigenvalue weighted by atomic mass is 35.5. The molecule has 0 aromatic heterocycles. The number of rotatable bonds is 4. The van der Waals surface area contributed by atoms with Crippen LogP contribution in [0.4, 0.5) is 0 Å². The lowest BCUT2D eigenvalue weighted by atomic mass is 10.0. The van der Waals surface area contributed by atoms with E-state index in [9.17, 15) is 9.90 Å². The summed E-state index contributed by atoms with van der Waals surface area (Å²) in [5, 5.41) is 13.7. The lowest BCUT2D eigenvalue weighted by Crippen LogP contribution is -2.40. The Hall–Kier alpha value is -1.03. The zero-order valence-electron chi connectivity index (χ0n) is 11.0. The normalized spacial score (nSPS) is 17.6. The van der Waals surface area contributed by atoms with E-state index in [4.69, 9.17) is 23.2 Å². The molecule has 1 aromatic rings. The van der Waals surface area contributed by atoms with Gasteiger partial charge in [-0.25, -0.2) is 0 Å². The Labute approximate surface area is 128 Å². The van der Waals surface area contributed by atoms with E-state index in [0.717, 1.165) is 25.7 Å². The maximum atomic E-state index is 11.7. The van der Waals surface area contributed by atoms with Gasteiger partial charge in [0.1, 0.15) is 0 Å². The van der Waals surface area contributed by atoms with E-state index in [-0.39, 0.29) is 5.91 Å². The number of hydrogen-bond acceptors (Lipinski definition) is 2. The highest BCUT2D eigenvalue weighted by molar-refractivity contribution is 6.42. The molecule has 0 spiro atoms. The summed E-state index contributed by atoms with van der Waals surface area (Å²) in [6.07, 6.45) is 6.53. The van der Waals surface area contributed by atoms with Crippen LogP contribution in [-0.2, 0) is 4.79 Å². The third-order valence-electron chi connectivity index (χ3n) is 3.52. The van der Waals surface area contributed by atoms with Gasteiger partial charge in [0, 0.05) is 12.6 Å². The van der Waals surface area contributed by atoms with Gasteiger partial charge in [0.25, 0.3) is 0 Å². The van der Waals surface area contributed by atoms with Crippen molar-refractivity contribution in [2.24, 2.45) is 0 Å². The molecule has 5 heteroatoms. The molecule has 0 radical (unpaired) electrons. The molecule has 1 amide bonds. The van der Waals surface area contributed by atoms with Crippen LogP contribution in [0, 0.1) is 0 Å². The molecule has 0 saturated heterocycles. The van der Waals surface area contributed by atoms with Gasteiger partial charge in [0.2, 0.25) is 5.91 Å². The SMILES string of the molecule is O=C(C=Cc1cccc(Cl)c1Cl)NCC1(O)CCCC1. The average Bonchev–Trinajstić information content (AvgIpc) is 2.86. The van der Waals surface area contributed by atoms with Crippen LogP contribution < -0.4 is 5.32 Å². The van der Waals surface area contributed by atoms with Crippen molar-refractivity contribution in [3.8, 4) is 0 Å². The maximum Gasteiger partial charge on any atom is 0.244 e. The Bertz CT molecular complexity index is 523. The smallest absolute Gasteiger partial charge is 0.244 e. The number of carbonyl (C=O) groups excluding carboxylic acids is 1. The third kappa shape index (κ3) is 3.98. The molecule has 0 atom stereocenters. The van der Waals surface area contributed by atoms with Gasteiger partial charge in [-0.15, -0.1) is 0 Å². The highest BCUT2D eigenvalue weighted by Crippen LogP contribution is 2.28. The topological polar surface area (TPSA) is 49.3 Å². The van der Waals surface area contributed by atoms with Crippen LogP contribution >= 0.6 is 23.2 Å². The molecule has 108 valence electrons. The molecule has 20 heavy (non-hydrogen) atoms. The Balaban J connectivity index is 1.91. The number of hydrogen-bond donors (Lipinski definition) is 2. The van der Waals surface area contributed by atoms with Crippen molar-refractivity contribution >= 4 is 35.2 Å². The highest BCUT2D eigenvalue weighted by Gasteiger charge is 2.30. The second kappa shape index (κ2) is 6.61. The minimum atomic E-state index is -0.739. The lowest BCUT2D eigenvalue weighted by molar-refractivity contribution is -0.117. The number of nitrogens with one attached hydrogen (secondary N) is 1. The fourth-order valence-electron chi connectivity index (χ4n) is 2.34. The Morgan fingerprint density at radius 1 is 1.35 bits per heavy atom. The summed E-state index contributed by atoms with van der Waals surface area (Å²) in [5.74, 6) is -0.249. The summed E-state index contributed by atoms with van der Waals surface area (Å²) in [5.41, 5.74) is -0.0501. The summed E-state index contributed by atoms with van der Waals surface area (Å²) in [6, 6.07) is 5.24. The van der Waals surface area contributed by atoms with E-state index in [1.807, 2.05) is 0 Å². The summed E-state index contributed by atoms with van der Waals surface area (Å²) >= 11 is 11.9. The van der Waals surface area contributed by atoms with Gasteiger partial charge in [0.05, 0.1) is 15.6 Å². The van der Waals surface area contributed by atoms with Crippen molar-refractivity contribution in [1.82, 2.24) is 5.32 Å². The molecule has 1 fully saturated rings. The largest absolute Gasteiger partial charge is 0.388 e. The number of benzene rings is 1. The van der Waals surface area contributed by atoms with Crippen molar-refractivity contribution in [3.05, 3.63) is 39.9 Å². The van der Waals surface area contributed by atoms with E-state index in [1.165, 1.54) is 6.08 Å². The van der Waals surface area contributed by atoms with Crippen LogP contribution in [-0.4, -0.2) is 23.2 Å². The van der Waals surface area contributed by atoms with Crippen molar-refractivity contribution in [2.75, 3.05) is 6.54 Å². The van der Waals surface area contributed by atoms with Gasteiger partial charge >= 0.3 is 0 Å². The lowest BCUT2D eigenvalue weighted by Gasteiger charge is -2.21. The molecule has 0 bridgehead atoms. The van der Waals surface area contributed by atoms with Gasteiger partial charge < -0.3 is 10.4 Å². The van der Waals surface area contributed by atoms with Crippen LogP contribution in [0.25, 0.3) is 6.08 Å². The van der Waals surface area contributed by atoms with E-state index in [2.05, 4.69) is 5.32 Å². The Kier molecular flexibility index (Phi) is 5.08. The molecule has 1 saturated carbocycles. The molecule has 1 aliphatic carbocycles. The van der Waals surface area contributed by atoms with Crippen molar-refractivity contribution in [1.29, 1.82) is 0 Å². The van der Waals surface area contributed by atoms with Crippen LogP contribution in [0.2, 0.25) is 10.0 Å². The van der Waals surface area contributed by atoms with Crippen LogP contribution in [0.1, 0.15) is 31.2 Å². The molecule has 0 unspecified atom stereocenters. The zero-order chi connectivity index (χ0) is 14.6. The van der Waals surface area contributed by atoms with Crippen LogP contribution in [0.5, 0.6) is 0 Å². The van der Waals surface area contributed by atoms with E-state index in [1.54, 1.807) is 24.3 Å². The minimum absolute atomic E-state index is 0.249. The van der Waals surface area contributed by atoms with Crippen molar-refractivity contribution < 1.29 is 9.90 Å². The quantitative estimate of drug-likeness (QED) is 0.837. The first-order valence-electron chi connectivity index (χ1n) is 6.62. The summed E-state index contributed by atoms with van der Waals surface area (Å²) in [4.78, 5) is 11.7. The predicted molar refractivity (Wildman–Crippen MR) is 81.9 cm³/mol. The number of carbonyl (C=O) groups is 1. The second-order valence-electron chi connectivity index (χ2n) is 5.13. The molecule has 1 aromatic carbocycles. The van der Waals surface area contributed by atoms with E-state index in [0.29, 0.717) is 22.2 Å². The first-order valence-corrected chi connectivity index (χ1v) is 7.38. The van der Waals surface area contributed by atoms with E-state index >= 15 is 0 Å². The molecule has 2 N–H and O–H groups in total. The monoisotopic (exact) mass is 313 g/mol. The molecule has 0 aliphatic heterocycles. The third-order valence-corrected chi connectivity index (χ3v) is 4.36. The molecule has 1 aliphatic rings. The molecule has 2 rings (SSSR count). The van der Waals surface area contributed by atoms with Gasteiger partial charge in [-0.2, -0.15) is 0 Å². The Morgan fingerprint density at radius 2 is 2.05 bits per heavy atom. The van der Waals surface area contributed by atoms with Crippen molar-refractivity contribution in [2.45, 2.75) is 31.3 Å².